The van der Waals surface area contributed by atoms with Crippen LogP contribution in [0.2, 0.25) is 0 Å². The molecule has 0 N–H and O–H groups in total. The van der Waals surface area contributed by atoms with E-state index in [-0.39, 0.29) is 12.1 Å². The van der Waals surface area contributed by atoms with Crippen LogP contribution in [0.25, 0.3) is 0 Å². The first kappa shape index (κ1) is 14.4. The predicted octanol–water partition coefficient (Wildman–Crippen LogP) is 2.87. The highest BCUT2D eigenvalue weighted by Crippen LogP contribution is 2.38. The van der Waals surface area contributed by atoms with Gasteiger partial charge >= 0.3 is 0 Å². The number of aromatic nitrogens is 1. The number of pyridine rings is 1. The zero-order valence-corrected chi connectivity index (χ0v) is 13.2. The van der Waals surface area contributed by atoms with Crippen molar-refractivity contribution in [2.24, 2.45) is 0 Å². The van der Waals surface area contributed by atoms with Gasteiger partial charge in [0.05, 0.1) is 0 Å². The summed E-state index contributed by atoms with van der Waals surface area (Å²) in [5.74, 6) is 0.197. The van der Waals surface area contributed by atoms with E-state index >= 15 is 0 Å². The average Bonchev–Trinajstić information content (AvgIpc) is 2.90. The fraction of sp³-hybridized carbons (Fsp3) is 0.368. The van der Waals surface area contributed by atoms with Crippen molar-refractivity contribution in [1.29, 1.82) is 0 Å². The van der Waals surface area contributed by atoms with E-state index in [1.165, 1.54) is 11.1 Å². The number of carbonyl (C=O) groups excluding carboxylic acids is 1. The van der Waals surface area contributed by atoms with Crippen LogP contribution in [-0.4, -0.2) is 40.3 Å². The van der Waals surface area contributed by atoms with Crippen molar-refractivity contribution in [3.8, 4) is 0 Å². The van der Waals surface area contributed by atoms with Gasteiger partial charge in [0.15, 0.2) is 0 Å². The molecule has 1 atom stereocenters. The average molecular weight is 307 g/mol. The Kier molecular flexibility index (Phi) is 3.83. The number of hydrogen-bond donors (Lipinski definition) is 0. The minimum Gasteiger partial charge on any atom is -0.319 e. The van der Waals surface area contributed by atoms with Crippen LogP contribution in [0, 0.1) is 0 Å². The first-order valence-corrected chi connectivity index (χ1v) is 8.37. The molecular weight excluding hydrogens is 286 g/mol. The van der Waals surface area contributed by atoms with Gasteiger partial charge in [-0.2, -0.15) is 0 Å². The van der Waals surface area contributed by atoms with Gasteiger partial charge in [0, 0.05) is 43.2 Å². The third-order valence-electron chi connectivity index (χ3n) is 4.85. The standard InChI is InChI=1S/C19H21N3O/c23-19-17-9-2-1-8-16(17)18-21(12-5-13-22(18)19)11-4-7-15-6-3-10-20-14-15/h1-3,6,8-10,14,18H,4-5,7,11-13H2/t18-/m0/s1. The summed E-state index contributed by atoms with van der Waals surface area (Å²) in [6.07, 6.45) is 7.08. The van der Waals surface area contributed by atoms with Gasteiger partial charge in [0.1, 0.15) is 6.17 Å². The Labute approximate surface area is 136 Å². The van der Waals surface area contributed by atoms with E-state index in [1.54, 1.807) is 0 Å². The Bertz CT molecular complexity index is 701. The molecule has 0 radical (unpaired) electrons. The summed E-state index contributed by atoms with van der Waals surface area (Å²) in [5.41, 5.74) is 3.35. The summed E-state index contributed by atoms with van der Waals surface area (Å²) in [7, 11) is 0. The van der Waals surface area contributed by atoms with Crippen LogP contribution in [0.15, 0.2) is 48.8 Å². The number of benzene rings is 1. The van der Waals surface area contributed by atoms with Gasteiger partial charge in [0.25, 0.3) is 5.91 Å². The number of amides is 1. The molecule has 0 aliphatic carbocycles. The molecule has 0 saturated carbocycles. The van der Waals surface area contributed by atoms with Crippen molar-refractivity contribution in [3.63, 3.8) is 0 Å². The molecular formula is C19H21N3O. The summed E-state index contributed by atoms with van der Waals surface area (Å²) < 4.78 is 0. The molecule has 4 rings (SSSR count). The number of fused-ring (bicyclic) bond motifs is 3. The second-order valence-electron chi connectivity index (χ2n) is 6.31. The minimum absolute atomic E-state index is 0.140. The number of hydrogen-bond acceptors (Lipinski definition) is 3. The lowest BCUT2D eigenvalue weighted by atomic mass is 10.1. The third-order valence-corrected chi connectivity index (χ3v) is 4.85. The van der Waals surface area contributed by atoms with Crippen LogP contribution in [-0.2, 0) is 6.42 Å². The van der Waals surface area contributed by atoms with Crippen LogP contribution in [0.1, 0.15) is 40.5 Å². The van der Waals surface area contributed by atoms with Crippen LogP contribution in [0.3, 0.4) is 0 Å². The fourth-order valence-corrected chi connectivity index (χ4v) is 3.80. The normalized spacial score (nSPS) is 20.4. The van der Waals surface area contributed by atoms with Gasteiger partial charge in [0.2, 0.25) is 0 Å². The smallest absolute Gasteiger partial charge is 0.255 e. The Balaban J connectivity index is 1.48. The van der Waals surface area contributed by atoms with Crippen LogP contribution >= 0.6 is 0 Å². The fourth-order valence-electron chi connectivity index (χ4n) is 3.80. The lowest BCUT2D eigenvalue weighted by Crippen LogP contribution is -2.46. The van der Waals surface area contributed by atoms with Crippen molar-refractivity contribution in [2.45, 2.75) is 25.4 Å². The largest absolute Gasteiger partial charge is 0.319 e. The molecule has 1 aromatic carbocycles. The zero-order chi connectivity index (χ0) is 15.6. The van der Waals surface area contributed by atoms with E-state index in [4.69, 9.17) is 0 Å². The van der Waals surface area contributed by atoms with E-state index in [9.17, 15) is 4.79 Å². The maximum absolute atomic E-state index is 12.6. The van der Waals surface area contributed by atoms with E-state index in [2.05, 4.69) is 22.0 Å². The molecule has 2 aliphatic rings. The Morgan fingerprint density at radius 3 is 2.91 bits per heavy atom. The van der Waals surface area contributed by atoms with E-state index in [0.29, 0.717) is 0 Å². The van der Waals surface area contributed by atoms with Gasteiger partial charge in [-0.15, -0.1) is 0 Å². The Morgan fingerprint density at radius 1 is 1.13 bits per heavy atom. The minimum atomic E-state index is 0.140. The van der Waals surface area contributed by atoms with E-state index in [0.717, 1.165) is 44.5 Å². The van der Waals surface area contributed by atoms with Crippen LogP contribution < -0.4 is 0 Å². The summed E-state index contributed by atoms with van der Waals surface area (Å²) in [6.45, 7) is 2.95. The molecule has 118 valence electrons. The van der Waals surface area contributed by atoms with Gasteiger partial charge in [-0.1, -0.05) is 24.3 Å². The Morgan fingerprint density at radius 2 is 2.04 bits per heavy atom. The van der Waals surface area contributed by atoms with E-state index < -0.39 is 0 Å². The van der Waals surface area contributed by atoms with Crippen LogP contribution in [0.4, 0.5) is 0 Å². The summed E-state index contributed by atoms with van der Waals surface area (Å²) >= 11 is 0. The first-order valence-electron chi connectivity index (χ1n) is 8.37. The van der Waals surface area contributed by atoms with Crippen LogP contribution in [0.5, 0.6) is 0 Å². The molecule has 4 heteroatoms. The second-order valence-corrected chi connectivity index (χ2v) is 6.31. The second kappa shape index (κ2) is 6.13. The highest BCUT2D eigenvalue weighted by Gasteiger charge is 2.41. The molecule has 1 fully saturated rings. The number of carbonyl (C=O) groups is 1. The van der Waals surface area contributed by atoms with Crippen molar-refractivity contribution in [3.05, 3.63) is 65.5 Å². The quantitative estimate of drug-likeness (QED) is 0.871. The van der Waals surface area contributed by atoms with Gasteiger partial charge in [-0.25, -0.2) is 0 Å². The lowest BCUT2D eigenvalue weighted by Gasteiger charge is -2.40. The van der Waals surface area contributed by atoms with Crippen molar-refractivity contribution >= 4 is 5.91 Å². The summed E-state index contributed by atoms with van der Waals surface area (Å²) in [6, 6.07) is 12.2. The zero-order valence-electron chi connectivity index (χ0n) is 13.2. The number of aryl methyl sites for hydroxylation is 1. The molecule has 0 spiro atoms. The topological polar surface area (TPSA) is 36.4 Å². The summed E-state index contributed by atoms with van der Waals surface area (Å²) in [4.78, 5) is 21.2. The first-order chi connectivity index (χ1) is 11.3. The molecule has 3 heterocycles. The molecule has 0 unspecified atom stereocenters. The summed E-state index contributed by atoms with van der Waals surface area (Å²) in [5, 5.41) is 0. The number of nitrogens with zero attached hydrogens (tertiary/aromatic N) is 3. The van der Waals surface area contributed by atoms with Gasteiger partial charge < -0.3 is 4.90 Å². The third kappa shape index (κ3) is 2.63. The molecule has 1 aromatic heterocycles. The SMILES string of the molecule is O=C1c2ccccc2[C@H]2N(CCCc3cccnc3)CCCN12. The Hall–Kier alpha value is -2.20. The maximum atomic E-state index is 12.6. The molecule has 2 aromatic rings. The monoisotopic (exact) mass is 307 g/mol. The highest BCUT2D eigenvalue weighted by molar-refractivity contribution is 5.99. The molecule has 0 bridgehead atoms. The van der Waals surface area contributed by atoms with Gasteiger partial charge in [-0.05, 0) is 37.0 Å². The van der Waals surface area contributed by atoms with Crippen molar-refractivity contribution < 1.29 is 4.79 Å². The lowest BCUT2D eigenvalue weighted by molar-refractivity contribution is 0.0160. The maximum Gasteiger partial charge on any atom is 0.255 e. The highest BCUT2D eigenvalue weighted by atomic mass is 16.2. The van der Waals surface area contributed by atoms with Gasteiger partial charge in [-0.3, -0.25) is 14.7 Å². The molecule has 23 heavy (non-hydrogen) atoms. The van der Waals surface area contributed by atoms with E-state index in [1.807, 2.05) is 41.6 Å². The predicted molar refractivity (Wildman–Crippen MR) is 89.0 cm³/mol. The molecule has 1 saturated heterocycles. The molecule has 2 aliphatic heterocycles. The molecule has 4 nitrogen and oxygen atoms in total. The number of rotatable bonds is 4. The molecule has 1 amide bonds. The van der Waals surface area contributed by atoms with Crippen molar-refractivity contribution in [1.82, 2.24) is 14.8 Å². The van der Waals surface area contributed by atoms with Crippen molar-refractivity contribution in [2.75, 3.05) is 19.6 Å².